The number of carboxylic acids is 1. The average Bonchev–Trinajstić information content (AvgIpc) is 2.96. The standard InChI is InChI=1S/C24H20F9NO2/c25-22(26,27)16-3-1-15(2-4-16)21-8-7-18(10-13(11-21)20(35)36)34(21)12-14-9-17(23(28,29)30)5-6-19(14)24(31,32)33/h1-6,9,13,18H,7-8,10-12H2,(H,35,36)/t13-,18+,21+/m1/s1. The van der Waals surface area contributed by atoms with Crippen molar-refractivity contribution >= 4 is 5.97 Å². The molecule has 0 amide bonds. The summed E-state index contributed by atoms with van der Waals surface area (Å²) < 4.78 is 120. The maximum atomic E-state index is 13.7. The molecule has 2 aromatic carbocycles. The van der Waals surface area contributed by atoms with E-state index in [1.54, 1.807) is 4.90 Å². The molecule has 4 rings (SSSR count). The van der Waals surface area contributed by atoms with Crippen LogP contribution in [-0.2, 0) is 35.4 Å². The van der Waals surface area contributed by atoms with Crippen LogP contribution in [0.1, 0.15) is 53.5 Å². The van der Waals surface area contributed by atoms with Crippen molar-refractivity contribution in [1.82, 2.24) is 4.90 Å². The Bertz CT molecular complexity index is 1140. The highest BCUT2D eigenvalue weighted by atomic mass is 19.4. The molecule has 2 saturated heterocycles. The lowest BCUT2D eigenvalue weighted by Crippen LogP contribution is -2.51. The van der Waals surface area contributed by atoms with E-state index in [1.807, 2.05) is 0 Å². The number of nitrogens with zero attached hydrogens (tertiary/aromatic N) is 1. The molecule has 0 saturated carbocycles. The van der Waals surface area contributed by atoms with Gasteiger partial charge in [-0.2, -0.15) is 39.5 Å². The van der Waals surface area contributed by atoms with E-state index in [0.717, 1.165) is 12.1 Å². The number of rotatable bonds is 4. The molecule has 2 aliphatic rings. The predicted octanol–water partition coefficient (Wildman–Crippen LogP) is 7.10. The van der Waals surface area contributed by atoms with E-state index in [9.17, 15) is 49.4 Å². The van der Waals surface area contributed by atoms with Crippen molar-refractivity contribution in [2.45, 2.75) is 62.3 Å². The quantitative estimate of drug-likeness (QED) is 0.433. The van der Waals surface area contributed by atoms with Crippen molar-refractivity contribution in [3.05, 3.63) is 70.3 Å². The van der Waals surface area contributed by atoms with Crippen LogP contribution in [0.4, 0.5) is 39.5 Å². The van der Waals surface area contributed by atoms with E-state index in [-0.39, 0.29) is 24.8 Å². The highest BCUT2D eigenvalue weighted by Crippen LogP contribution is 2.54. The SMILES string of the molecule is O=C(O)[C@@H]1C[C@@H]2CC[C@@](c3ccc(C(F)(F)F)cc3)(C1)N2Cc1cc(C(F)(F)F)ccc1C(F)(F)F. The van der Waals surface area contributed by atoms with Gasteiger partial charge in [0.25, 0.3) is 0 Å². The van der Waals surface area contributed by atoms with Crippen LogP contribution in [0.5, 0.6) is 0 Å². The third-order valence-electron chi connectivity index (χ3n) is 7.20. The minimum atomic E-state index is -4.95. The molecular formula is C24H20F9NO2. The molecule has 2 fully saturated rings. The number of hydrogen-bond donors (Lipinski definition) is 1. The highest BCUT2D eigenvalue weighted by molar-refractivity contribution is 5.70. The second-order valence-corrected chi connectivity index (χ2v) is 9.27. The van der Waals surface area contributed by atoms with Gasteiger partial charge < -0.3 is 5.11 Å². The van der Waals surface area contributed by atoms with E-state index in [4.69, 9.17) is 0 Å². The molecular weight excluding hydrogens is 505 g/mol. The van der Waals surface area contributed by atoms with Crippen molar-refractivity contribution in [2.75, 3.05) is 0 Å². The number of carbonyl (C=O) groups is 1. The summed E-state index contributed by atoms with van der Waals surface area (Å²) in [6.45, 7) is -0.573. The maximum absolute atomic E-state index is 13.7. The van der Waals surface area contributed by atoms with Gasteiger partial charge in [0.15, 0.2) is 0 Å². The first kappa shape index (κ1) is 26.3. The molecule has 0 radical (unpaired) electrons. The molecule has 2 bridgehead atoms. The van der Waals surface area contributed by atoms with Gasteiger partial charge in [-0.05, 0) is 67.1 Å². The van der Waals surface area contributed by atoms with Gasteiger partial charge in [-0.15, -0.1) is 0 Å². The Morgan fingerprint density at radius 3 is 2.00 bits per heavy atom. The lowest BCUT2D eigenvalue weighted by Gasteiger charge is -2.47. The van der Waals surface area contributed by atoms with Gasteiger partial charge in [-0.3, -0.25) is 9.69 Å². The smallest absolute Gasteiger partial charge is 0.416 e. The van der Waals surface area contributed by atoms with Gasteiger partial charge in [0, 0.05) is 18.1 Å². The van der Waals surface area contributed by atoms with E-state index >= 15 is 0 Å². The summed E-state index contributed by atoms with van der Waals surface area (Å²) in [5.41, 5.74) is -5.06. The van der Waals surface area contributed by atoms with Crippen molar-refractivity contribution in [3.8, 4) is 0 Å². The Balaban J connectivity index is 1.81. The lowest BCUT2D eigenvalue weighted by atomic mass is 9.76. The molecule has 0 unspecified atom stereocenters. The highest BCUT2D eigenvalue weighted by Gasteiger charge is 2.54. The molecule has 196 valence electrons. The Morgan fingerprint density at radius 1 is 0.889 bits per heavy atom. The average molecular weight is 525 g/mol. The third kappa shape index (κ3) is 4.79. The van der Waals surface area contributed by atoms with Crippen LogP contribution in [-0.4, -0.2) is 22.0 Å². The van der Waals surface area contributed by atoms with Gasteiger partial charge in [0.2, 0.25) is 0 Å². The molecule has 2 aromatic rings. The number of benzene rings is 2. The second-order valence-electron chi connectivity index (χ2n) is 9.27. The Labute approximate surface area is 199 Å². The molecule has 1 N–H and O–H groups in total. The van der Waals surface area contributed by atoms with Crippen molar-refractivity contribution in [2.24, 2.45) is 5.92 Å². The number of carboxylic acid groups (broad SMARTS) is 1. The van der Waals surface area contributed by atoms with Crippen molar-refractivity contribution in [1.29, 1.82) is 0 Å². The fraction of sp³-hybridized carbons (Fsp3) is 0.458. The summed E-state index contributed by atoms with van der Waals surface area (Å²) in [5, 5.41) is 9.63. The van der Waals surface area contributed by atoms with Crippen LogP contribution < -0.4 is 0 Å². The number of alkyl halides is 9. The van der Waals surface area contributed by atoms with Crippen molar-refractivity contribution < 1.29 is 49.4 Å². The molecule has 2 heterocycles. The molecule has 3 atom stereocenters. The third-order valence-corrected chi connectivity index (χ3v) is 7.20. The lowest BCUT2D eigenvalue weighted by molar-refractivity contribution is -0.147. The van der Waals surface area contributed by atoms with E-state index < -0.39 is 70.8 Å². The molecule has 12 heteroatoms. The number of hydrogen-bond acceptors (Lipinski definition) is 2. The van der Waals surface area contributed by atoms with Gasteiger partial charge >= 0.3 is 24.5 Å². The number of halogens is 9. The molecule has 2 aliphatic heterocycles. The number of piperidine rings is 1. The van der Waals surface area contributed by atoms with Crippen LogP contribution in [0, 0.1) is 5.92 Å². The van der Waals surface area contributed by atoms with Gasteiger partial charge in [-0.25, -0.2) is 0 Å². The monoisotopic (exact) mass is 525 g/mol. The number of aliphatic carboxylic acids is 1. The van der Waals surface area contributed by atoms with Gasteiger partial charge in [0.1, 0.15) is 0 Å². The summed E-state index contributed by atoms with van der Waals surface area (Å²) in [4.78, 5) is 13.3. The molecule has 0 aliphatic carbocycles. The fourth-order valence-corrected chi connectivity index (χ4v) is 5.57. The molecule has 3 nitrogen and oxygen atoms in total. The maximum Gasteiger partial charge on any atom is 0.416 e. The zero-order chi connectivity index (χ0) is 26.7. The molecule has 36 heavy (non-hydrogen) atoms. The van der Waals surface area contributed by atoms with Gasteiger partial charge in [0.05, 0.1) is 22.6 Å². The summed E-state index contributed by atoms with van der Waals surface area (Å²) in [7, 11) is 0. The Morgan fingerprint density at radius 2 is 1.47 bits per heavy atom. The molecule has 0 spiro atoms. The van der Waals surface area contributed by atoms with Crippen LogP contribution in [0.3, 0.4) is 0 Å². The zero-order valence-corrected chi connectivity index (χ0v) is 18.4. The Hall–Kier alpha value is -2.76. The summed E-state index contributed by atoms with van der Waals surface area (Å²) >= 11 is 0. The zero-order valence-electron chi connectivity index (χ0n) is 18.4. The van der Waals surface area contributed by atoms with E-state index in [0.29, 0.717) is 24.6 Å². The van der Waals surface area contributed by atoms with Crippen LogP contribution in [0.2, 0.25) is 0 Å². The largest absolute Gasteiger partial charge is 0.481 e. The van der Waals surface area contributed by atoms with E-state index in [1.165, 1.54) is 12.1 Å². The summed E-state index contributed by atoms with van der Waals surface area (Å²) in [6, 6.07) is 4.54. The van der Waals surface area contributed by atoms with Crippen LogP contribution >= 0.6 is 0 Å². The summed E-state index contributed by atoms with van der Waals surface area (Å²) in [6.07, 6.45) is -13.9. The van der Waals surface area contributed by atoms with Gasteiger partial charge in [-0.1, -0.05) is 12.1 Å². The predicted molar refractivity (Wildman–Crippen MR) is 108 cm³/mol. The molecule has 0 aromatic heterocycles. The first-order chi connectivity index (χ1) is 16.5. The van der Waals surface area contributed by atoms with Crippen molar-refractivity contribution in [3.63, 3.8) is 0 Å². The fourth-order valence-electron chi connectivity index (χ4n) is 5.57. The second kappa shape index (κ2) is 8.67. The van der Waals surface area contributed by atoms with E-state index in [2.05, 4.69) is 0 Å². The van der Waals surface area contributed by atoms with Crippen LogP contribution in [0.25, 0.3) is 0 Å². The minimum absolute atomic E-state index is 0.0675. The summed E-state index contributed by atoms with van der Waals surface area (Å²) in [5.74, 6) is -2.05. The minimum Gasteiger partial charge on any atom is -0.481 e. The number of fused-ring (bicyclic) bond motifs is 2. The first-order valence-electron chi connectivity index (χ1n) is 11.0. The Kier molecular flexibility index (Phi) is 6.34. The topological polar surface area (TPSA) is 40.5 Å². The normalized spacial score (nSPS) is 25.2. The van der Waals surface area contributed by atoms with Crippen LogP contribution in [0.15, 0.2) is 42.5 Å². The first-order valence-corrected chi connectivity index (χ1v) is 11.0.